The number of aliphatic hydroxyl groups is 1. The Balaban J connectivity index is 2.10. The summed E-state index contributed by atoms with van der Waals surface area (Å²) in [6.07, 6.45) is 4.72. The van der Waals surface area contributed by atoms with E-state index >= 15 is 0 Å². The number of allylic oxidation sites excluding steroid dienone is 1. The summed E-state index contributed by atoms with van der Waals surface area (Å²) in [5.74, 6) is 0.728. The van der Waals surface area contributed by atoms with Crippen molar-refractivity contribution < 1.29 is 14.6 Å². The zero-order valence-corrected chi connectivity index (χ0v) is 7.08. The van der Waals surface area contributed by atoms with Gasteiger partial charge < -0.3 is 14.6 Å². The molecule has 2 heterocycles. The molecule has 0 bridgehead atoms. The lowest BCUT2D eigenvalue weighted by Crippen LogP contribution is -2.34. The molecular formula is C9H14O3. The van der Waals surface area contributed by atoms with Crippen molar-refractivity contribution in [3.8, 4) is 0 Å². The zero-order valence-electron chi connectivity index (χ0n) is 7.08. The summed E-state index contributed by atoms with van der Waals surface area (Å²) in [5, 5.41) is 10.00. The molecule has 12 heavy (non-hydrogen) atoms. The van der Waals surface area contributed by atoms with Crippen LogP contribution in [-0.2, 0) is 9.47 Å². The Morgan fingerprint density at radius 2 is 2.33 bits per heavy atom. The van der Waals surface area contributed by atoms with Crippen LogP contribution in [0.15, 0.2) is 11.8 Å². The molecule has 1 atom stereocenters. The second-order valence-electron chi connectivity index (χ2n) is 3.39. The highest BCUT2D eigenvalue weighted by Gasteiger charge is 2.38. The van der Waals surface area contributed by atoms with Gasteiger partial charge in [0.2, 0.25) is 0 Å². The molecule has 2 aliphatic rings. The maximum atomic E-state index is 10.00. The molecule has 0 amide bonds. The average molecular weight is 170 g/mol. The summed E-state index contributed by atoms with van der Waals surface area (Å²) in [7, 11) is 0. The second kappa shape index (κ2) is 3.07. The Morgan fingerprint density at radius 1 is 1.42 bits per heavy atom. The van der Waals surface area contributed by atoms with Gasteiger partial charge in [-0.2, -0.15) is 0 Å². The molecule has 2 rings (SSSR count). The van der Waals surface area contributed by atoms with Crippen LogP contribution in [-0.4, -0.2) is 30.5 Å². The summed E-state index contributed by atoms with van der Waals surface area (Å²) in [6.45, 7) is 1.75. The van der Waals surface area contributed by atoms with Crippen molar-refractivity contribution in [2.45, 2.75) is 24.9 Å². The molecule has 1 saturated heterocycles. The summed E-state index contributed by atoms with van der Waals surface area (Å²) in [4.78, 5) is 0. The Hall–Kier alpha value is -0.540. The first kappa shape index (κ1) is 8.08. The standard InChI is InChI=1S/C9H14O3/c10-9(4-6-11-7-9)8-3-1-2-5-12-8/h3,10H,1-2,4-7H2. The van der Waals surface area contributed by atoms with Gasteiger partial charge in [0.25, 0.3) is 0 Å². The smallest absolute Gasteiger partial charge is 0.146 e. The minimum atomic E-state index is -0.819. The SMILES string of the molecule is OC1(C2=CCCCO2)CCOC1. The van der Waals surface area contributed by atoms with Gasteiger partial charge in [0.15, 0.2) is 0 Å². The van der Waals surface area contributed by atoms with Crippen LogP contribution >= 0.6 is 0 Å². The number of ether oxygens (including phenoxy) is 2. The van der Waals surface area contributed by atoms with Crippen LogP contribution in [0.3, 0.4) is 0 Å². The summed E-state index contributed by atoms with van der Waals surface area (Å²) >= 11 is 0. The van der Waals surface area contributed by atoms with Crippen molar-refractivity contribution in [3.05, 3.63) is 11.8 Å². The third-order valence-electron chi connectivity index (χ3n) is 2.40. The first-order valence-corrected chi connectivity index (χ1v) is 4.45. The van der Waals surface area contributed by atoms with Crippen LogP contribution < -0.4 is 0 Å². The minimum absolute atomic E-state index is 0.388. The minimum Gasteiger partial charge on any atom is -0.495 e. The molecule has 1 N–H and O–H groups in total. The van der Waals surface area contributed by atoms with E-state index in [4.69, 9.17) is 9.47 Å². The molecule has 68 valence electrons. The predicted octanol–water partition coefficient (Wildman–Crippen LogP) is 0.832. The van der Waals surface area contributed by atoms with E-state index in [0.29, 0.717) is 19.6 Å². The maximum absolute atomic E-state index is 10.00. The highest BCUT2D eigenvalue weighted by molar-refractivity contribution is 5.13. The Kier molecular flexibility index (Phi) is 2.07. The van der Waals surface area contributed by atoms with E-state index in [2.05, 4.69) is 0 Å². The van der Waals surface area contributed by atoms with Crippen molar-refractivity contribution >= 4 is 0 Å². The molecule has 3 heteroatoms. The van der Waals surface area contributed by atoms with Crippen LogP contribution in [0.4, 0.5) is 0 Å². The van der Waals surface area contributed by atoms with Crippen molar-refractivity contribution in [1.82, 2.24) is 0 Å². The fraction of sp³-hybridized carbons (Fsp3) is 0.778. The lowest BCUT2D eigenvalue weighted by molar-refractivity contribution is -0.00265. The van der Waals surface area contributed by atoms with Gasteiger partial charge >= 0.3 is 0 Å². The van der Waals surface area contributed by atoms with Crippen molar-refractivity contribution in [2.24, 2.45) is 0 Å². The maximum Gasteiger partial charge on any atom is 0.146 e. The zero-order chi connectivity index (χ0) is 8.44. The first-order valence-electron chi connectivity index (χ1n) is 4.45. The van der Waals surface area contributed by atoms with E-state index in [9.17, 15) is 5.11 Å². The van der Waals surface area contributed by atoms with Gasteiger partial charge in [-0.15, -0.1) is 0 Å². The second-order valence-corrected chi connectivity index (χ2v) is 3.39. The van der Waals surface area contributed by atoms with E-state index < -0.39 is 5.60 Å². The van der Waals surface area contributed by atoms with Gasteiger partial charge in [-0.25, -0.2) is 0 Å². The molecule has 0 aromatic heterocycles. The van der Waals surface area contributed by atoms with E-state index in [1.54, 1.807) is 0 Å². The van der Waals surface area contributed by atoms with Gasteiger partial charge in [-0.3, -0.25) is 0 Å². The fourth-order valence-corrected chi connectivity index (χ4v) is 1.63. The predicted molar refractivity (Wildman–Crippen MR) is 43.7 cm³/mol. The van der Waals surface area contributed by atoms with Crippen molar-refractivity contribution in [1.29, 1.82) is 0 Å². The summed E-state index contributed by atoms with van der Waals surface area (Å²) in [6, 6.07) is 0. The van der Waals surface area contributed by atoms with E-state index in [0.717, 1.165) is 25.2 Å². The van der Waals surface area contributed by atoms with Gasteiger partial charge in [-0.05, 0) is 18.9 Å². The van der Waals surface area contributed by atoms with E-state index in [1.165, 1.54) is 0 Å². The third-order valence-corrected chi connectivity index (χ3v) is 2.40. The molecule has 3 nitrogen and oxygen atoms in total. The normalized spacial score (nSPS) is 35.9. The molecule has 1 fully saturated rings. The van der Waals surface area contributed by atoms with Gasteiger partial charge in [0.1, 0.15) is 11.4 Å². The lowest BCUT2D eigenvalue weighted by Gasteiger charge is -2.26. The summed E-state index contributed by atoms with van der Waals surface area (Å²) in [5.41, 5.74) is -0.819. The van der Waals surface area contributed by atoms with E-state index in [1.807, 2.05) is 6.08 Å². The fourth-order valence-electron chi connectivity index (χ4n) is 1.63. The van der Waals surface area contributed by atoms with E-state index in [-0.39, 0.29) is 0 Å². The van der Waals surface area contributed by atoms with Crippen molar-refractivity contribution in [3.63, 3.8) is 0 Å². The molecule has 0 radical (unpaired) electrons. The lowest BCUT2D eigenvalue weighted by atomic mass is 9.98. The molecule has 1 unspecified atom stereocenters. The molecule has 0 aliphatic carbocycles. The Bertz CT molecular complexity index is 192. The van der Waals surface area contributed by atoms with Crippen LogP contribution in [0.1, 0.15) is 19.3 Å². The van der Waals surface area contributed by atoms with Gasteiger partial charge in [0, 0.05) is 6.42 Å². The number of rotatable bonds is 1. The molecule has 0 saturated carbocycles. The Morgan fingerprint density at radius 3 is 2.92 bits per heavy atom. The molecule has 2 aliphatic heterocycles. The van der Waals surface area contributed by atoms with Crippen LogP contribution in [0.25, 0.3) is 0 Å². The number of hydrogen-bond donors (Lipinski definition) is 1. The van der Waals surface area contributed by atoms with Crippen molar-refractivity contribution in [2.75, 3.05) is 19.8 Å². The highest BCUT2D eigenvalue weighted by Crippen LogP contribution is 2.29. The van der Waals surface area contributed by atoms with Gasteiger partial charge in [0.05, 0.1) is 19.8 Å². The molecule has 0 aromatic carbocycles. The van der Waals surface area contributed by atoms with Crippen LogP contribution in [0.5, 0.6) is 0 Å². The molecular weight excluding hydrogens is 156 g/mol. The molecule has 0 aromatic rings. The Labute approximate surface area is 72.0 Å². The highest BCUT2D eigenvalue weighted by atomic mass is 16.5. The first-order chi connectivity index (χ1) is 5.81. The van der Waals surface area contributed by atoms with Crippen LogP contribution in [0, 0.1) is 0 Å². The monoisotopic (exact) mass is 170 g/mol. The van der Waals surface area contributed by atoms with Gasteiger partial charge in [-0.1, -0.05) is 0 Å². The largest absolute Gasteiger partial charge is 0.495 e. The molecule has 0 spiro atoms. The van der Waals surface area contributed by atoms with Crippen LogP contribution in [0.2, 0.25) is 0 Å². The average Bonchev–Trinajstić information content (AvgIpc) is 2.55. The number of hydrogen-bond acceptors (Lipinski definition) is 3. The summed E-state index contributed by atoms with van der Waals surface area (Å²) < 4.78 is 10.5. The topological polar surface area (TPSA) is 38.7 Å². The third kappa shape index (κ3) is 1.34. The quantitative estimate of drug-likeness (QED) is 0.633.